The number of halogens is 3. The molecule has 1 aliphatic heterocycles. The molecule has 2 aromatic carbocycles. The molecule has 0 fully saturated rings. The molecule has 158 valence electrons. The molecule has 0 unspecified atom stereocenters. The van der Waals surface area contributed by atoms with Crippen LogP contribution in [0.2, 0.25) is 0 Å². The lowest BCUT2D eigenvalue weighted by molar-refractivity contribution is -0.138. The van der Waals surface area contributed by atoms with Gasteiger partial charge in [-0.15, -0.1) is 0 Å². The van der Waals surface area contributed by atoms with Crippen molar-refractivity contribution in [2.24, 2.45) is 4.99 Å². The van der Waals surface area contributed by atoms with Crippen LogP contribution in [0, 0.1) is 6.92 Å². The minimum atomic E-state index is -4.50. The standard InChI is InChI=1S/C24H20F3N3O/c1-3-19-17(8-5-9-28-19)15-6-4-7-16(11-15)20-13-23(31)30-22-12-18(24(25,26)27)14(2)10-21(22)29-20/h4-12H,3,13H2,1-2H3,(H,30,31). The van der Waals surface area contributed by atoms with Crippen LogP contribution in [0.15, 0.2) is 59.7 Å². The van der Waals surface area contributed by atoms with E-state index in [-0.39, 0.29) is 17.7 Å². The summed E-state index contributed by atoms with van der Waals surface area (Å²) < 4.78 is 39.8. The number of amides is 1. The van der Waals surface area contributed by atoms with E-state index in [2.05, 4.69) is 15.3 Å². The van der Waals surface area contributed by atoms with Gasteiger partial charge in [-0.1, -0.05) is 31.2 Å². The zero-order valence-electron chi connectivity index (χ0n) is 17.0. The van der Waals surface area contributed by atoms with Gasteiger partial charge in [-0.2, -0.15) is 13.2 Å². The molecule has 0 radical (unpaired) electrons. The maximum atomic E-state index is 13.3. The Bertz CT molecular complexity index is 1200. The number of alkyl halides is 3. The zero-order valence-corrected chi connectivity index (χ0v) is 17.0. The van der Waals surface area contributed by atoms with Gasteiger partial charge < -0.3 is 5.32 Å². The van der Waals surface area contributed by atoms with Crippen molar-refractivity contribution in [1.82, 2.24) is 4.98 Å². The van der Waals surface area contributed by atoms with Crippen LogP contribution < -0.4 is 5.32 Å². The molecular formula is C24H20F3N3O. The topological polar surface area (TPSA) is 54.4 Å². The third-order valence-corrected chi connectivity index (χ3v) is 5.24. The normalized spacial score (nSPS) is 13.8. The zero-order chi connectivity index (χ0) is 22.2. The van der Waals surface area contributed by atoms with Crippen LogP contribution in [0.3, 0.4) is 0 Å². The average molecular weight is 423 g/mol. The van der Waals surface area contributed by atoms with E-state index in [1.165, 1.54) is 13.0 Å². The SMILES string of the molecule is CCc1ncccc1-c1cccc(C2=Nc3cc(C)c(C(F)(F)F)cc3NC(=O)C2)c1. The Morgan fingerprint density at radius 2 is 1.84 bits per heavy atom. The summed E-state index contributed by atoms with van der Waals surface area (Å²) in [5.41, 5.74) is 3.79. The van der Waals surface area contributed by atoms with Crippen LogP contribution in [0.25, 0.3) is 11.1 Å². The quantitative estimate of drug-likeness (QED) is 0.553. The summed E-state index contributed by atoms with van der Waals surface area (Å²) in [6.45, 7) is 3.42. The van der Waals surface area contributed by atoms with Crippen molar-refractivity contribution in [3.8, 4) is 11.1 Å². The molecule has 7 heteroatoms. The highest BCUT2D eigenvalue weighted by Gasteiger charge is 2.34. The van der Waals surface area contributed by atoms with Crippen molar-refractivity contribution in [1.29, 1.82) is 0 Å². The van der Waals surface area contributed by atoms with Gasteiger partial charge in [0.05, 0.1) is 29.1 Å². The third kappa shape index (κ3) is 4.21. The van der Waals surface area contributed by atoms with Crippen molar-refractivity contribution in [3.05, 3.63) is 77.1 Å². The van der Waals surface area contributed by atoms with Gasteiger partial charge in [0.25, 0.3) is 0 Å². The van der Waals surface area contributed by atoms with Crippen LogP contribution in [-0.4, -0.2) is 16.6 Å². The van der Waals surface area contributed by atoms with Gasteiger partial charge in [-0.25, -0.2) is 0 Å². The first kappa shape index (κ1) is 20.8. The van der Waals surface area contributed by atoms with Gasteiger partial charge in [-0.05, 0) is 54.3 Å². The Morgan fingerprint density at radius 1 is 1.06 bits per heavy atom. The Kier molecular flexibility index (Phi) is 5.35. The first-order valence-corrected chi connectivity index (χ1v) is 9.90. The molecule has 3 aromatic rings. The van der Waals surface area contributed by atoms with Crippen molar-refractivity contribution in [2.45, 2.75) is 32.9 Å². The van der Waals surface area contributed by atoms with E-state index in [1.54, 1.807) is 6.20 Å². The maximum absolute atomic E-state index is 13.3. The number of carbonyl (C=O) groups is 1. The van der Waals surface area contributed by atoms with Gasteiger partial charge in [0, 0.05) is 17.5 Å². The second-order valence-corrected chi connectivity index (χ2v) is 7.40. The number of anilines is 1. The van der Waals surface area contributed by atoms with E-state index < -0.39 is 17.6 Å². The fraction of sp³-hybridized carbons (Fsp3) is 0.208. The van der Waals surface area contributed by atoms with Crippen LogP contribution in [-0.2, 0) is 17.4 Å². The number of aliphatic imine (C=N–C) groups is 1. The molecule has 1 aromatic heterocycles. The van der Waals surface area contributed by atoms with E-state index in [0.29, 0.717) is 11.4 Å². The largest absolute Gasteiger partial charge is 0.416 e. The highest BCUT2D eigenvalue weighted by Crippen LogP contribution is 2.39. The number of rotatable bonds is 3. The molecule has 0 saturated carbocycles. The van der Waals surface area contributed by atoms with Crippen LogP contribution in [0.4, 0.5) is 24.5 Å². The number of carbonyl (C=O) groups excluding carboxylic acids is 1. The number of aryl methyl sites for hydroxylation is 2. The molecule has 0 saturated heterocycles. The molecule has 0 bridgehead atoms. The second kappa shape index (κ2) is 7.98. The van der Waals surface area contributed by atoms with E-state index in [0.717, 1.165) is 34.9 Å². The molecule has 0 aliphatic carbocycles. The number of benzene rings is 2. The van der Waals surface area contributed by atoms with Gasteiger partial charge >= 0.3 is 6.18 Å². The lowest BCUT2D eigenvalue weighted by Gasteiger charge is -2.13. The summed E-state index contributed by atoms with van der Waals surface area (Å²) >= 11 is 0. The summed E-state index contributed by atoms with van der Waals surface area (Å²) in [5.74, 6) is -0.407. The highest BCUT2D eigenvalue weighted by molar-refractivity contribution is 6.17. The number of hydrogen-bond acceptors (Lipinski definition) is 3. The van der Waals surface area contributed by atoms with Crippen molar-refractivity contribution >= 4 is 23.0 Å². The van der Waals surface area contributed by atoms with Crippen molar-refractivity contribution in [2.75, 3.05) is 5.32 Å². The van der Waals surface area contributed by atoms with Crippen molar-refractivity contribution in [3.63, 3.8) is 0 Å². The van der Waals surface area contributed by atoms with E-state index in [4.69, 9.17) is 0 Å². The summed E-state index contributed by atoms with van der Waals surface area (Å²) in [6, 6.07) is 13.8. The fourth-order valence-electron chi connectivity index (χ4n) is 3.74. The predicted molar refractivity (Wildman–Crippen MR) is 115 cm³/mol. The first-order chi connectivity index (χ1) is 14.8. The van der Waals surface area contributed by atoms with Gasteiger partial charge in [0.2, 0.25) is 5.91 Å². The second-order valence-electron chi connectivity index (χ2n) is 7.40. The van der Waals surface area contributed by atoms with Crippen LogP contribution >= 0.6 is 0 Å². The van der Waals surface area contributed by atoms with E-state index in [1.807, 2.05) is 43.3 Å². The summed E-state index contributed by atoms with van der Waals surface area (Å²) in [7, 11) is 0. The number of nitrogens with one attached hydrogen (secondary N) is 1. The minimum Gasteiger partial charge on any atom is -0.324 e. The van der Waals surface area contributed by atoms with Gasteiger partial charge in [-0.3, -0.25) is 14.8 Å². The molecule has 0 atom stereocenters. The van der Waals surface area contributed by atoms with E-state index in [9.17, 15) is 18.0 Å². The lowest BCUT2D eigenvalue weighted by atomic mass is 9.98. The third-order valence-electron chi connectivity index (χ3n) is 5.24. The molecule has 2 heterocycles. The summed E-state index contributed by atoms with van der Waals surface area (Å²) in [4.78, 5) is 21.4. The Labute approximate surface area is 177 Å². The minimum absolute atomic E-state index is 0.0355. The summed E-state index contributed by atoms with van der Waals surface area (Å²) in [6.07, 6.45) is -2.01. The van der Waals surface area contributed by atoms with E-state index >= 15 is 0 Å². The molecule has 1 amide bonds. The fourth-order valence-corrected chi connectivity index (χ4v) is 3.74. The number of aromatic nitrogens is 1. The van der Waals surface area contributed by atoms with Crippen LogP contribution in [0.5, 0.6) is 0 Å². The highest BCUT2D eigenvalue weighted by atomic mass is 19.4. The van der Waals surface area contributed by atoms with Crippen LogP contribution in [0.1, 0.15) is 35.7 Å². The molecule has 31 heavy (non-hydrogen) atoms. The summed E-state index contributed by atoms with van der Waals surface area (Å²) in [5, 5.41) is 2.56. The Morgan fingerprint density at radius 3 is 2.58 bits per heavy atom. The molecule has 1 aliphatic rings. The monoisotopic (exact) mass is 423 g/mol. The smallest absolute Gasteiger partial charge is 0.324 e. The molecule has 0 spiro atoms. The molecule has 4 nitrogen and oxygen atoms in total. The lowest BCUT2D eigenvalue weighted by Crippen LogP contribution is -2.15. The average Bonchev–Trinajstić information content (AvgIpc) is 2.90. The predicted octanol–water partition coefficient (Wildman–Crippen LogP) is 6.10. The number of fused-ring (bicyclic) bond motifs is 1. The van der Waals surface area contributed by atoms with Gasteiger partial charge in [0.15, 0.2) is 0 Å². The Balaban J connectivity index is 1.80. The number of hydrogen-bond donors (Lipinski definition) is 1. The van der Waals surface area contributed by atoms with Gasteiger partial charge in [0.1, 0.15) is 0 Å². The number of nitrogens with zero attached hydrogens (tertiary/aromatic N) is 2. The number of pyridine rings is 1. The first-order valence-electron chi connectivity index (χ1n) is 9.90. The van der Waals surface area contributed by atoms with Crippen molar-refractivity contribution < 1.29 is 18.0 Å². The molecule has 1 N–H and O–H groups in total. The Hall–Kier alpha value is -3.48. The molecule has 4 rings (SSSR count). The maximum Gasteiger partial charge on any atom is 0.416 e. The molecular weight excluding hydrogens is 403 g/mol.